The zero-order valence-corrected chi connectivity index (χ0v) is 19.8. The summed E-state index contributed by atoms with van der Waals surface area (Å²) < 4.78 is 40.7. The normalized spacial score (nSPS) is 19.5. The number of aromatic nitrogens is 2. The molecule has 9 nitrogen and oxygen atoms in total. The largest absolute Gasteiger partial charge is 0.444 e. The van der Waals surface area contributed by atoms with Gasteiger partial charge in [0.05, 0.1) is 18.6 Å². The maximum atomic E-state index is 12.4. The zero-order chi connectivity index (χ0) is 22.6. The van der Waals surface area contributed by atoms with E-state index >= 15 is 0 Å². The summed E-state index contributed by atoms with van der Waals surface area (Å²) in [4.78, 5) is 19.1. The monoisotopic (exact) mass is 457 g/mol. The fraction of sp³-hybridized carbons (Fsp3) is 0.810. The summed E-state index contributed by atoms with van der Waals surface area (Å²) in [6.45, 7) is 8.78. The number of ether oxygens (including phenoxy) is 2. The Kier molecular flexibility index (Phi) is 7.64. The lowest BCUT2D eigenvalue weighted by Crippen LogP contribution is -2.41. The maximum Gasteiger partial charge on any atom is 0.410 e. The Morgan fingerprint density at radius 2 is 1.81 bits per heavy atom. The lowest BCUT2D eigenvalue weighted by atomic mass is 9.95. The second-order valence-corrected chi connectivity index (χ2v) is 11.0. The first kappa shape index (κ1) is 24.0. The van der Waals surface area contributed by atoms with Crippen molar-refractivity contribution in [3.8, 4) is 0 Å². The summed E-state index contributed by atoms with van der Waals surface area (Å²) in [5.74, 6) is 1.50. The van der Waals surface area contributed by atoms with E-state index in [0.29, 0.717) is 25.6 Å². The van der Waals surface area contributed by atoms with Crippen molar-refractivity contribution in [2.24, 2.45) is 0 Å². The SMILES string of the molecule is CC(C)(C)OC(=O)N1CCC(c2nc(C3CCOCC3)cn2CCOS(C)(=O)=O)CC1. The van der Waals surface area contributed by atoms with Crippen LogP contribution >= 0.6 is 0 Å². The molecule has 31 heavy (non-hydrogen) atoms. The van der Waals surface area contributed by atoms with Gasteiger partial charge in [-0.1, -0.05) is 0 Å². The lowest BCUT2D eigenvalue weighted by molar-refractivity contribution is 0.0202. The second-order valence-electron chi connectivity index (χ2n) is 9.37. The molecule has 0 bridgehead atoms. The van der Waals surface area contributed by atoms with Gasteiger partial charge >= 0.3 is 6.09 Å². The molecule has 3 heterocycles. The third-order valence-corrected chi connectivity index (χ3v) is 6.20. The first-order valence-corrected chi connectivity index (χ1v) is 12.8. The Balaban J connectivity index is 1.69. The molecule has 2 aliphatic heterocycles. The molecule has 176 valence electrons. The molecule has 1 aromatic rings. The minimum atomic E-state index is -3.49. The molecule has 1 aromatic heterocycles. The first-order chi connectivity index (χ1) is 14.5. The van der Waals surface area contributed by atoms with Gasteiger partial charge in [-0.25, -0.2) is 9.78 Å². The number of carbonyl (C=O) groups is 1. The van der Waals surface area contributed by atoms with Crippen LogP contribution in [0.25, 0.3) is 0 Å². The van der Waals surface area contributed by atoms with Crippen LogP contribution in [-0.2, 0) is 30.3 Å². The highest BCUT2D eigenvalue weighted by Gasteiger charge is 2.30. The Morgan fingerprint density at radius 3 is 2.39 bits per heavy atom. The zero-order valence-electron chi connectivity index (χ0n) is 19.0. The molecule has 0 radical (unpaired) electrons. The first-order valence-electron chi connectivity index (χ1n) is 11.0. The average Bonchev–Trinajstić information content (AvgIpc) is 3.11. The van der Waals surface area contributed by atoms with Crippen molar-refractivity contribution in [3.05, 3.63) is 17.7 Å². The Morgan fingerprint density at radius 1 is 1.16 bits per heavy atom. The van der Waals surface area contributed by atoms with Crippen LogP contribution in [0.4, 0.5) is 4.79 Å². The van der Waals surface area contributed by atoms with Gasteiger partial charge in [0.25, 0.3) is 10.1 Å². The number of amides is 1. The Labute approximate surface area is 185 Å². The van der Waals surface area contributed by atoms with Gasteiger partial charge in [-0.15, -0.1) is 0 Å². The summed E-state index contributed by atoms with van der Waals surface area (Å²) in [5, 5.41) is 0. The van der Waals surface area contributed by atoms with E-state index in [0.717, 1.165) is 56.7 Å². The van der Waals surface area contributed by atoms with Gasteiger partial charge in [0.2, 0.25) is 0 Å². The number of imidazole rings is 1. The number of nitrogens with zero attached hydrogens (tertiary/aromatic N) is 3. The molecule has 0 N–H and O–H groups in total. The lowest BCUT2D eigenvalue weighted by Gasteiger charge is -2.33. The van der Waals surface area contributed by atoms with E-state index in [9.17, 15) is 13.2 Å². The molecule has 1 amide bonds. The Bertz CT molecular complexity index is 847. The summed E-state index contributed by atoms with van der Waals surface area (Å²) >= 11 is 0. The van der Waals surface area contributed by atoms with E-state index in [2.05, 4.69) is 0 Å². The van der Waals surface area contributed by atoms with Crippen LogP contribution in [0.2, 0.25) is 0 Å². The van der Waals surface area contributed by atoms with Gasteiger partial charge in [-0.3, -0.25) is 4.18 Å². The number of rotatable bonds is 6. The molecule has 0 aliphatic carbocycles. The quantitative estimate of drug-likeness (QED) is 0.606. The fourth-order valence-corrected chi connectivity index (χ4v) is 4.46. The summed E-state index contributed by atoms with van der Waals surface area (Å²) in [6.07, 6.45) is 6.27. The minimum absolute atomic E-state index is 0.0756. The van der Waals surface area contributed by atoms with Crippen molar-refractivity contribution in [1.29, 1.82) is 0 Å². The maximum absolute atomic E-state index is 12.4. The number of carbonyl (C=O) groups excluding carboxylic acids is 1. The standard InChI is InChI=1S/C21H35N3O6S/c1-21(2,3)30-20(25)23-9-5-17(6-10-23)19-22-18(16-7-12-28-13-8-16)15-24(19)11-14-29-31(4,26)27/h15-17H,5-14H2,1-4H3. The molecule has 10 heteroatoms. The topological polar surface area (TPSA) is 100.0 Å². The fourth-order valence-electron chi connectivity index (χ4n) is 4.08. The van der Waals surface area contributed by atoms with Gasteiger partial charge in [-0.05, 0) is 46.5 Å². The number of hydrogen-bond donors (Lipinski definition) is 0. The molecule has 2 fully saturated rings. The molecule has 2 aliphatic rings. The van der Waals surface area contributed by atoms with Crippen LogP contribution in [0.15, 0.2) is 6.20 Å². The van der Waals surface area contributed by atoms with Crippen LogP contribution in [0.1, 0.15) is 69.8 Å². The minimum Gasteiger partial charge on any atom is -0.444 e. The predicted molar refractivity (Wildman–Crippen MR) is 116 cm³/mol. The average molecular weight is 458 g/mol. The third kappa shape index (κ3) is 7.18. The molecule has 0 atom stereocenters. The highest BCUT2D eigenvalue weighted by Crippen LogP contribution is 2.32. The molecular weight excluding hydrogens is 422 g/mol. The number of likely N-dealkylation sites (tertiary alicyclic amines) is 1. The number of piperidine rings is 1. The number of hydrogen-bond acceptors (Lipinski definition) is 7. The van der Waals surface area contributed by atoms with Gasteiger partial charge in [0.1, 0.15) is 11.4 Å². The highest BCUT2D eigenvalue weighted by molar-refractivity contribution is 7.85. The van der Waals surface area contributed by atoms with E-state index < -0.39 is 15.7 Å². The van der Waals surface area contributed by atoms with Crippen LogP contribution in [0, 0.1) is 0 Å². The van der Waals surface area contributed by atoms with Crippen molar-refractivity contribution in [1.82, 2.24) is 14.5 Å². The van der Waals surface area contributed by atoms with Crippen LogP contribution in [0.5, 0.6) is 0 Å². The van der Waals surface area contributed by atoms with E-state index in [-0.39, 0.29) is 18.6 Å². The molecule has 2 saturated heterocycles. The predicted octanol–water partition coefficient (Wildman–Crippen LogP) is 2.87. The molecular formula is C21H35N3O6S. The summed E-state index contributed by atoms with van der Waals surface area (Å²) in [6, 6.07) is 0. The second kappa shape index (κ2) is 9.87. The van der Waals surface area contributed by atoms with Crippen molar-refractivity contribution in [2.75, 3.05) is 39.2 Å². The van der Waals surface area contributed by atoms with Crippen molar-refractivity contribution >= 4 is 16.2 Å². The third-order valence-electron chi connectivity index (χ3n) is 5.61. The van der Waals surface area contributed by atoms with E-state index in [1.54, 1.807) is 4.90 Å². The van der Waals surface area contributed by atoms with Crippen LogP contribution in [0.3, 0.4) is 0 Å². The van der Waals surface area contributed by atoms with Crippen molar-refractivity contribution in [3.63, 3.8) is 0 Å². The Hall–Kier alpha value is -1.65. The van der Waals surface area contributed by atoms with Gasteiger partial charge in [0, 0.05) is 50.9 Å². The highest BCUT2D eigenvalue weighted by atomic mass is 32.2. The smallest absolute Gasteiger partial charge is 0.410 e. The van der Waals surface area contributed by atoms with Crippen molar-refractivity contribution in [2.45, 2.75) is 70.4 Å². The van der Waals surface area contributed by atoms with E-state index in [1.165, 1.54) is 0 Å². The van der Waals surface area contributed by atoms with Crippen LogP contribution in [-0.4, -0.2) is 73.7 Å². The molecule has 0 aromatic carbocycles. The molecule has 3 rings (SSSR count). The van der Waals surface area contributed by atoms with Gasteiger partial charge in [-0.2, -0.15) is 8.42 Å². The van der Waals surface area contributed by atoms with Gasteiger partial charge in [0.15, 0.2) is 0 Å². The van der Waals surface area contributed by atoms with Crippen LogP contribution < -0.4 is 0 Å². The van der Waals surface area contributed by atoms with E-state index in [4.69, 9.17) is 18.6 Å². The molecule has 0 spiro atoms. The summed E-state index contributed by atoms with van der Waals surface area (Å²) in [7, 11) is -3.49. The summed E-state index contributed by atoms with van der Waals surface area (Å²) in [5.41, 5.74) is 0.523. The molecule has 0 unspecified atom stereocenters. The van der Waals surface area contributed by atoms with Crippen molar-refractivity contribution < 1.29 is 26.9 Å². The van der Waals surface area contributed by atoms with E-state index in [1.807, 2.05) is 31.5 Å². The van der Waals surface area contributed by atoms with Gasteiger partial charge < -0.3 is 18.9 Å². The molecule has 0 saturated carbocycles.